The maximum atomic E-state index is 13.3. The van der Waals surface area contributed by atoms with Gasteiger partial charge in [0.25, 0.3) is 0 Å². The van der Waals surface area contributed by atoms with Gasteiger partial charge in [0.05, 0.1) is 18.0 Å². The molecule has 1 saturated carbocycles. The zero-order valence-electron chi connectivity index (χ0n) is 17.6. The highest BCUT2D eigenvalue weighted by Gasteiger charge is 2.35. The Morgan fingerprint density at radius 1 is 1.10 bits per heavy atom. The maximum Gasteiger partial charge on any atom is 0.309 e. The van der Waals surface area contributed by atoms with Crippen LogP contribution in [0.2, 0.25) is 0 Å². The molecule has 9 heteroatoms. The number of nitrogens with zero attached hydrogens (tertiary/aromatic N) is 1. The minimum absolute atomic E-state index is 0.0316. The molecule has 2 fully saturated rings. The van der Waals surface area contributed by atoms with Crippen LogP contribution in [0.1, 0.15) is 49.7 Å². The molecule has 1 heterocycles. The molecule has 0 radical (unpaired) electrons. The third kappa shape index (κ3) is 5.39. The summed E-state index contributed by atoms with van der Waals surface area (Å²) in [6, 6.07) is 5.32. The number of sulfonamides is 1. The van der Waals surface area contributed by atoms with Crippen LogP contribution < -0.4 is 10.6 Å². The Labute approximate surface area is 178 Å². The average Bonchev–Trinajstić information content (AvgIpc) is 2.74. The fourth-order valence-corrected chi connectivity index (χ4v) is 5.85. The van der Waals surface area contributed by atoms with Gasteiger partial charge in [-0.05, 0) is 50.3 Å². The molecule has 2 amide bonds. The van der Waals surface area contributed by atoms with Gasteiger partial charge >= 0.3 is 11.8 Å². The molecular formula is C21H31N3O5S. The molecule has 3 rings (SSSR count). The number of ether oxygens (including phenoxy) is 1. The van der Waals surface area contributed by atoms with Gasteiger partial charge in [-0.1, -0.05) is 31.4 Å². The van der Waals surface area contributed by atoms with Gasteiger partial charge in [-0.15, -0.1) is 0 Å². The van der Waals surface area contributed by atoms with Crippen LogP contribution >= 0.6 is 0 Å². The molecule has 0 spiro atoms. The lowest BCUT2D eigenvalue weighted by molar-refractivity contribution is -0.140. The zero-order valence-corrected chi connectivity index (χ0v) is 18.5. The summed E-state index contributed by atoms with van der Waals surface area (Å²) in [5, 5.41) is 5.30. The number of amides is 2. The van der Waals surface area contributed by atoms with E-state index in [2.05, 4.69) is 10.6 Å². The van der Waals surface area contributed by atoms with Gasteiger partial charge in [0, 0.05) is 12.6 Å². The van der Waals surface area contributed by atoms with Crippen LogP contribution in [0.15, 0.2) is 23.1 Å². The number of aryl methyl sites for hydroxylation is 2. The molecule has 0 aromatic heterocycles. The Balaban J connectivity index is 1.64. The number of nitrogens with one attached hydrogen (secondary N) is 2. The summed E-state index contributed by atoms with van der Waals surface area (Å²) in [5.41, 5.74) is 1.50. The van der Waals surface area contributed by atoms with E-state index in [1.54, 1.807) is 19.1 Å². The van der Waals surface area contributed by atoms with Crippen molar-refractivity contribution in [2.24, 2.45) is 0 Å². The van der Waals surface area contributed by atoms with E-state index in [4.69, 9.17) is 4.74 Å². The Hall–Kier alpha value is -1.97. The van der Waals surface area contributed by atoms with Crippen LogP contribution in [-0.2, 0) is 24.3 Å². The molecule has 2 N–H and O–H groups in total. The van der Waals surface area contributed by atoms with E-state index >= 15 is 0 Å². The summed E-state index contributed by atoms with van der Waals surface area (Å²) in [4.78, 5) is 24.6. The summed E-state index contributed by atoms with van der Waals surface area (Å²) >= 11 is 0. The average molecular weight is 438 g/mol. The highest BCUT2D eigenvalue weighted by molar-refractivity contribution is 7.89. The van der Waals surface area contributed by atoms with E-state index < -0.39 is 28.1 Å². The van der Waals surface area contributed by atoms with Crippen molar-refractivity contribution in [1.82, 2.24) is 14.9 Å². The largest absolute Gasteiger partial charge is 0.360 e. The maximum absolute atomic E-state index is 13.3. The molecule has 1 atom stereocenters. The van der Waals surface area contributed by atoms with Gasteiger partial charge in [0.2, 0.25) is 10.0 Å². The number of hydrogen-bond donors (Lipinski definition) is 2. The molecule has 1 aromatic rings. The van der Waals surface area contributed by atoms with Gasteiger partial charge < -0.3 is 15.4 Å². The van der Waals surface area contributed by atoms with Crippen molar-refractivity contribution in [1.29, 1.82) is 0 Å². The van der Waals surface area contributed by atoms with Gasteiger partial charge in [-0.3, -0.25) is 9.59 Å². The quantitative estimate of drug-likeness (QED) is 0.681. The monoisotopic (exact) mass is 437 g/mol. The number of carbonyl (C=O) groups excluding carboxylic acids is 2. The predicted molar refractivity (Wildman–Crippen MR) is 112 cm³/mol. The van der Waals surface area contributed by atoms with Crippen molar-refractivity contribution in [2.75, 3.05) is 19.7 Å². The molecule has 8 nitrogen and oxygen atoms in total. The lowest BCUT2D eigenvalue weighted by atomic mass is 9.95. The Kier molecular flexibility index (Phi) is 7.49. The Morgan fingerprint density at radius 2 is 1.83 bits per heavy atom. The van der Waals surface area contributed by atoms with Crippen LogP contribution in [0.25, 0.3) is 0 Å². The molecule has 1 aromatic carbocycles. The second-order valence-corrected chi connectivity index (χ2v) is 9.94. The lowest BCUT2D eigenvalue weighted by Gasteiger charge is -2.35. The van der Waals surface area contributed by atoms with Crippen molar-refractivity contribution in [2.45, 2.75) is 69.5 Å². The molecule has 1 aliphatic carbocycles. The first kappa shape index (κ1) is 22.7. The number of hydrogen-bond acceptors (Lipinski definition) is 5. The van der Waals surface area contributed by atoms with Crippen LogP contribution in [-0.4, -0.2) is 56.5 Å². The molecule has 1 saturated heterocycles. The normalized spacial score (nSPS) is 21.2. The standard InChI is InChI=1S/C21H31N3O5S/c1-15-9-10-16(2)18(13-15)30(27,28)24-11-6-12-29-19(24)14-22-20(25)21(26)23-17-7-4-3-5-8-17/h9-10,13,17,19H,3-8,11-12,14H2,1-2H3,(H,22,25)(H,23,26)/t19-/m0/s1. The van der Waals surface area contributed by atoms with Crippen LogP contribution in [0, 0.1) is 13.8 Å². The zero-order chi connectivity index (χ0) is 21.7. The first-order valence-corrected chi connectivity index (χ1v) is 12.0. The molecule has 166 valence electrons. The van der Waals surface area contributed by atoms with Gasteiger partial charge in [0.1, 0.15) is 6.23 Å². The Morgan fingerprint density at radius 3 is 2.57 bits per heavy atom. The van der Waals surface area contributed by atoms with Crippen LogP contribution in [0.5, 0.6) is 0 Å². The first-order valence-electron chi connectivity index (χ1n) is 10.6. The highest BCUT2D eigenvalue weighted by Crippen LogP contribution is 2.25. The highest BCUT2D eigenvalue weighted by atomic mass is 32.2. The van der Waals surface area contributed by atoms with Gasteiger partial charge in [0.15, 0.2) is 0 Å². The second kappa shape index (κ2) is 9.89. The van der Waals surface area contributed by atoms with Gasteiger partial charge in [-0.25, -0.2) is 8.42 Å². The van der Waals surface area contributed by atoms with Crippen molar-refractivity contribution < 1.29 is 22.7 Å². The molecular weight excluding hydrogens is 406 g/mol. The number of benzene rings is 1. The van der Waals surface area contributed by atoms with Crippen molar-refractivity contribution in [3.8, 4) is 0 Å². The van der Waals surface area contributed by atoms with E-state index in [0.717, 1.165) is 37.7 Å². The fourth-order valence-electron chi connectivity index (χ4n) is 3.97. The topological polar surface area (TPSA) is 105 Å². The summed E-state index contributed by atoms with van der Waals surface area (Å²) in [6.45, 7) is 4.20. The molecule has 30 heavy (non-hydrogen) atoms. The van der Waals surface area contributed by atoms with Crippen LogP contribution in [0.3, 0.4) is 0 Å². The SMILES string of the molecule is Cc1ccc(C)c(S(=O)(=O)N2CCCO[C@H]2CNC(=O)C(=O)NC2CCCCC2)c1. The fraction of sp³-hybridized carbons (Fsp3) is 0.619. The van der Waals surface area contributed by atoms with Gasteiger partial charge in [-0.2, -0.15) is 4.31 Å². The summed E-state index contributed by atoms with van der Waals surface area (Å²) in [7, 11) is -3.80. The summed E-state index contributed by atoms with van der Waals surface area (Å²) in [5.74, 6) is -1.44. The summed E-state index contributed by atoms with van der Waals surface area (Å²) < 4.78 is 33.5. The third-order valence-electron chi connectivity index (χ3n) is 5.67. The lowest BCUT2D eigenvalue weighted by Crippen LogP contribution is -2.53. The molecule has 0 bridgehead atoms. The van der Waals surface area contributed by atoms with Crippen molar-refractivity contribution in [3.05, 3.63) is 29.3 Å². The predicted octanol–water partition coefficient (Wildman–Crippen LogP) is 1.61. The van der Waals surface area contributed by atoms with Crippen LogP contribution in [0.4, 0.5) is 0 Å². The first-order chi connectivity index (χ1) is 14.3. The van der Waals surface area contributed by atoms with E-state index in [9.17, 15) is 18.0 Å². The number of rotatable bonds is 5. The second-order valence-electron chi connectivity index (χ2n) is 8.08. The van der Waals surface area contributed by atoms with Crippen molar-refractivity contribution in [3.63, 3.8) is 0 Å². The van der Waals surface area contributed by atoms with E-state index in [1.807, 2.05) is 13.0 Å². The van der Waals surface area contributed by atoms with E-state index in [-0.39, 0.29) is 17.5 Å². The molecule has 1 aliphatic heterocycles. The minimum atomic E-state index is -3.80. The third-order valence-corrected chi connectivity index (χ3v) is 7.70. The molecule has 2 aliphatic rings. The summed E-state index contributed by atoms with van der Waals surface area (Å²) in [6.07, 6.45) is 4.73. The smallest absolute Gasteiger partial charge is 0.309 e. The molecule has 0 unspecified atom stereocenters. The van der Waals surface area contributed by atoms with E-state index in [0.29, 0.717) is 25.1 Å². The number of carbonyl (C=O) groups is 2. The van der Waals surface area contributed by atoms with Crippen molar-refractivity contribution >= 4 is 21.8 Å². The Bertz CT molecular complexity index is 881. The minimum Gasteiger partial charge on any atom is -0.360 e. The van der Waals surface area contributed by atoms with E-state index in [1.165, 1.54) is 4.31 Å².